The summed E-state index contributed by atoms with van der Waals surface area (Å²) in [5.74, 6) is 0. The molecule has 2 aromatic carbocycles. The number of para-hydroxylation sites is 2. The van der Waals surface area contributed by atoms with Crippen molar-refractivity contribution in [3.63, 3.8) is 0 Å². The SMILES string of the molecule is c1ccc(Nn2cnc3cnc4ccccc4c32)cc1. The maximum Gasteiger partial charge on any atom is 0.116 e. The monoisotopic (exact) mass is 260 g/mol. The van der Waals surface area contributed by atoms with Crippen LogP contribution in [-0.2, 0) is 0 Å². The summed E-state index contributed by atoms with van der Waals surface area (Å²) in [4.78, 5) is 8.83. The lowest BCUT2D eigenvalue weighted by Crippen LogP contribution is -2.07. The molecule has 96 valence electrons. The third-order valence-electron chi connectivity index (χ3n) is 3.30. The zero-order valence-corrected chi connectivity index (χ0v) is 10.7. The number of imidazole rings is 1. The van der Waals surface area contributed by atoms with E-state index in [-0.39, 0.29) is 0 Å². The highest BCUT2D eigenvalue weighted by Gasteiger charge is 2.07. The second kappa shape index (κ2) is 4.35. The van der Waals surface area contributed by atoms with Crippen LogP contribution in [0.1, 0.15) is 0 Å². The molecular weight excluding hydrogens is 248 g/mol. The van der Waals surface area contributed by atoms with Crippen molar-refractivity contribution in [2.45, 2.75) is 0 Å². The van der Waals surface area contributed by atoms with E-state index >= 15 is 0 Å². The molecule has 4 heteroatoms. The maximum absolute atomic E-state index is 4.43. The standard InChI is InChI=1S/C16H12N4/c1-2-6-12(7-3-1)19-20-11-18-15-10-17-14-9-5-4-8-13(14)16(15)20/h1-11,19H. The molecule has 0 aliphatic rings. The second-order valence-electron chi connectivity index (χ2n) is 4.60. The van der Waals surface area contributed by atoms with E-state index in [0.717, 1.165) is 27.6 Å². The number of hydrogen-bond donors (Lipinski definition) is 1. The molecule has 20 heavy (non-hydrogen) atoms. The maximum atomic E-state index is 4.43. The third kappa shape index (κ3) is 1.70. The van der Waals surface area contributed by atoms with E-state index in [0.29, 0.717) is 0 Å². The number of benzene rings is 2. The minimum Gasteiger partial charge on any atom is -0.293 e. The van der Waals surface area contributed by atoms with Gasteiger partial charge >= 0.3 is 0 Å². The van der Waals surface area contributed by atoms with Crippen molar-refractivity contribution in [1.82, 2.24) is 14.6 Å². The molecule has 2 aromatic heterocycles. The number of aromatic nitrogens is 3. The fraction of sp³-hybridized carbons (Fsp3) is 0. The van der Waals surface area contributed by atoms with Crippen LogP contribution in [0.5, 0.6) is 0 Å². The van der Waals surface area contributed by atoms with Gasteiger partial charge in [-0.3, -0.25) is 10.4 Å². The zero-order chi connectivity index (χ0) is 13.4. The van der Waals surface area contributed by atoms with Gasteiger partial charge in [-0.05, 0) is 18.2 Å². The van der Waals surface area contributed by atoms with Gasteiger partial charge < -0.3 is 0 Å². The Balaban J connectivity index is 1.94. The molecule has 2 heterocycles. The number of hydrogen-bond acceptors (Lipinski definition) is 3. The van der Waals surface area contributed by atoms with E-state index in [4.69, 9.17) is 0 Å². The lowest BCUT2D eigenvalue weighted by molar-refractivity contribution is 0.992. The Morgan fingerprint density at radius 2 is 1.60 bits per heavy atom. The van der Waals surface area contributed by atoms with Crippen molar-refractivity contribution in [3.8, 4) is 0 Å². The van der Waals surface area contributed by atoms with Gasteiger partial charge in [0.1, 0.15) is 17.4 Å². The van der Waals surface area contributed by atoms with Crippen molar-refractivity contribution in [1.29, 1.82) is 0 Å². The Morgan fingerprint density at radius 1 is 0.800 bits per heavy atom. The number of nitrogens with one attached hydrogen (secondary N) is 1. The highest BCUT2D eigenvalue weighted by atomic mass is 15.4. The van der Waals surface area contributed by atoms with Gasteiger partial charge in [0.05, 0.1) is 17.4 Å². The van der Waals surface area contributed by atoms with E-state index in [1.54, 1.807) is 12.5 Å². The van der Waals surface area contributed by atoms with Crippen molar-refractivity contribution >= 4 is 27.6 Å². The van der Waals surface area contributed by atoms with Crippen LogP contribution in [0, 0.1) is 0 Å². The lowest BCUT2D eigenvalue weighted by atomic mass is 10.2. The van der Waals surface area contributed by atoms with Crippen LogP contribution >= 0.6 is 0 Å². The Labute approximate surface area is 115 Å². The van der Waals surface area contributed by atoms with E-state index in [2.05, 4.69) is 21.5 Å². The van der Waals surface area contributed by atoms with Gasteiger partial charge in [-0.2, -0.15) is 0 Å². The summed E-state index contributed by atoms with van der Waals surface area (Å²) in [7, 11) is 0. The molecule has 0 atom stereocenters. The van der Waals surface area contributed by atoms with E-state index in [1.165, 1.54) is 0 Å². The van der Waals surface area contributed by atoms with Gasteiger partial charge in [0.2, 0.25) is 0 Å². The highest BCUT2D eigenvalue weighted by Crippen LogP contribution is 2.22. The molecule has 1 N–H and O–H groups in total. The number of nitrogens with zero attached hydrogens (tertiary/aromatic N) is 3. The Kier molecular flexibility index (Phi) is 2.39. The zero-order valence-electron chi connectivity index (χ0n) is 10.7. The molecule has 0 bridgehead atoms. The van der Waals surface area contributed by atoms with Gasteiger partial charge in [0.25, 0.3) is 0 Å². The molecule has 0 amide bonds. The summed E-state index contributed by atoms with van der Waals surface area (Å²) in [6.45, 7) is 0. The Morgan fingerprint density at radius 3 is 2.50 bits per heavy atom. The number of rotatable bonds is 2. The van der Waals surface area contributed by atoms with Crippen molar-refractivity contribution in [2.75, 3.05) is 5.43 Å². The topological polar surface area (TPSA) is 42.7 Å². The molecule has 0 saturated heterocycles. The van der Waals surface area contributed by atoms with Crippen molar-refractivity contribution in [3.05, 3.63) is 67.1 Å². The molecular formula is C16H12N4. The Bertz CT molecular complexity index is 881. The van der Waals surface area contributed by atoms with Crippen molar-refractivity contribution in [2.24, 2.45) is 0 Å². The van der Waals surface area contributed by atoms with Crippen LogP contribution < -0.4 is 5.43 Å². The van der Waals surface area contributed by atoms with E-state index < -0.39 is 0 Å². The first-order chi connectivity index (χ1) is 9.92. The summed E-state index contributed by atoms with van der Waals surface area (Å²) < 4.78 is 1.94. The largest absolute Gasteiger partial charge is 0.293 e. The molecule has 0 fully saturated rings. The van der Waals surface area contributed by atoms with Crippen LogP contribution in [0.4, 0.5) is 5.69 Å². The number of anilines is 1. The molecule has 0 radical (unpaired) electrons. The van der Waals surface area contributed by atoms with E-state index in [9.17, 15) is 0 Å². The van der Waals surface area contributed by atoms with Gasteiger partial charge in [-0.15, -0.1) is 0 Å². The van der Waals surface area contributed by atoms with Gasteiger partial charge in [-0.1, -0.05) is 36.4 Å². The molecule has 0 unspecified atom stereocenters. The van der Waals surface area contributed by atoms with Gasteiger partial charge in [0.15, 0.2) is 0 Å². The molecule has 0 spiro atoms. The predicted molar refractivity (Wildman–Crippen MR) is 80.5 cm³/mol. The lowest BCUT2D eigenvalue weighted by Gasteiger charge is -2.09. The second-order valence-corrected chi connectivity index (χ2v) is 4.60. The van der Waals surface area contributed by atoms with Gasteiger partial charge in [0, 0.05) is 5.39 Å². The average Bonchev–Trinajstić information content (AvgIpc) is 2.92. The highest BCUT2D eigenvalue weighted by molar-refractivity contribution is 6.02. The van der Waals surface area contributed by atoms with Crippen LogP contribution in [-0.4, -0.2) is 14.6 Å². The number of pyridine rings is 1. The first-order valence-electron chi connectivity index (χ1n) is 6.45. The summed E-state index contributed by atoms with van der Waals surface area (Å²) in [6, 6.07) is 18.1. The quantitative estimate of drug-likeness (QED) is 0.600. The molecule has 0 aliphatic carbocycles. The predicted octanol–water partition coefficient (Wildman–Crippen LogP) is 3.46. The average molecular weight is 260 g/mol. The van der Waals surface area contributed by atoms with Crippen LogP contribution in [0.3, 0.4) is 0 Å². The molecule has 4 nitrogen and oxygen atoms in total. The molecule has 0 aliphatic heterocycles. The number of fused-ring (bicyclic) bond motifs is 3. The molecule has 0 saturated carbocycles. The molecule has 4 aromatic rings. The summed E-state index contributed by atoms with van der Waals surface area (Å²) in [6.07, 6.45) is 3.59. The first-order valence-corrected chi connectivity index (χ1v) is 6.45. The third-order valence-corrected chi connectivity index (χ3v) is 3.30. The fourth-order valence-corrected chi connectivity index (χ4v) is 2.38. The summed E-state index contributed by atoms with van der Waals surface area (Å²) in [5.41, 5.74) is 7.26. The normalized spacial score (nSPS) is 11.0. The minimum absolute atomic E-state index is 0.882. The fourth-order valence-electron chi connectivity index (χ4n) is 2.38. The van der Waals surface area contributed by atoms with Crippen molar-refractivity contribution < 1.29 is 0 Å². The summed E-state index contributed by atoms with van der Waals surface area (Å²) >= 11 is 0. The van der Waals surface area contributed by atoms with E-state index in [1.807, 2.05) is 53.2 Å². The smallest absolute Gasteiger partial charge is 0.116 e. The van der Waals surface area contributed by atoms with Crippen LogP contribution in [0.15, 0.2) is 67.1 Å². The van der Waals surface area contributed by atoms with Crippen LogP contribution in [0.2, 0.25) is 0 Å². The first kappa shape index (κ1) is 11.0. The Hall–Kier alpha value is -2.88. The van der Waals surface area contributed by atoms with Gasteiger partial charge in [-0.25, -0.2) is 9.66 Å². The summed E-state index contributed by atoms with van der Waals surface area (Å²) in [5, 5.41) is 1.09. The minimum atomic E-state index is 0.882. The molecule has 4 rings (SSSR count). The van der Waals surface area contributed by atoms with Crippen LogP contribution in [0.25, 0.3) is 21.9 Å².